The summed E-state index contributed by atoms with van der Waals surface area (Å²) >= 11 is 0. The molecule has 3 rings (SSSR count). The normalized spacial score (nSPS) is 23.2. The van der Waals surface area contributed by atoms with E-state index in [1.807, 2.05) is 6.07 Å². The Morgan fingerprint density at radius 1 is 1.47 bits per heavy atom. The molecule has 1 atom stereocenters. The lowest BCUT2D eigenvalue weighted by Crippen LogP contribution is -2.33. The molecule has 1 amide bonds. The summed E-state index contributed by atoms with van der Waals surface area (Å²) in [5.74, 6) is 0.831. The maximum absolute atomic E-state index is 12.0. The fraction of sp³-hybridized carbons (Fsp3) is 0.462. The number of aromatic hydroxyl groups is 1. The Morgan fingerprint density at radius 2 is 2.35 bits per heavy atom. The molecule has 17 heavy (non-hydrogen) atoms. The first-order valence-electron chi connectivity index (χ1n) is 6.07. The van der Waals surface area contributed by atoms with Crippen LogP contribution in [0.25, 0.3) is 0 Å². The van der Waals surface area contributed by atoms with E-state index in [1.54, 1.807) is 17.0 Å². The van der Waals surface area contributed by atoms with Crippen LogP contribution in [0.1, 0.15) is 12.0 Å². The minimum Gasteiger partial charge on any atom is -0.506 e. The Labute approximate surface area is 100 Å². The number of nitrogens with zero attached hydrogens (tertiary/aromatic N) is 1. The van der Waals surface area contributed by atoms with E-state index in [9.17, 15) is 9.90 Å². The molecule has 90 valence electrons. The number of rotatable bonds is 2. The lowest BCUT2D eigenvalue weighted by molar-refractivity contribution is -0.117. The predicted molar refractivity (Wildman–Crippen MR) is 65.1 cm³/mol. The number of phenols is 1. The van der Waals surface area contributed by atoms with E-state index in [4.69, 9.17) is 0 Å². The molecular formula is C13H16N2O2. The number of para-hydroxylation sites is 1. The minimum atomic E-state index is 0.105. The van der Waals surface area contributed by atoms with Gasteiger partial charge in [0, 0.05) is 6.54 Å². The Balaban J connectivity index is 1.88. The van der Waals surface area contributed by atoms with Gasteiger partial charge in [-0.3, -0.25) is 4.79 Å². The smallest absolute Gasteiger partial charge is 0.231 e. The molecule has 2 N–H and O–H groups in total. The lowest BCUT2D eigenvalue weighted by atomic mass is 10.1. The first-order chi connectivity index (χ1) is 8.25. The quantitative estimate of drug-likeness (QED) is 0.796. The van der Waals surface area contributed by atoms with Gasteiger partial charge in [0.1, 0.15) is 5.75 Å². The number of fused-ring (bicyclic) bond motifs is 1. The van der Waals surface area contributed by atoms with E-state index in [-0.39, 0.29) is 11.7 Å². The standard InChI is InChI=1S/C13H16N2O2/c16-11-3-1-2-10-6-12(17)15(13(10)11)8-9-4-5-14-7-9/h1-3,9,14,16H,4-8H2. The third-order valence-electron chi connectivity index (χ3n) is 3.61. The largest absolute Gasteiger partial charge is 0.506 e. The van der Waals surface area contributed by atoms with Gasteiger partial charge in [0.15, 0.2) is 0 Å². The third-order valence-corrected chi connectivity index (χ3v) is 3.61. The molecule has 0 aromatic heterocycles. The van der Waals surface area contributed by atoms with Crippen LogP contribution in [0.4, 0.5) is 5.69 Å². The molecule has 0 spiro atoms. The lowest BCUT2D eigenvalue weighted by Gasteiger charge is -2.21. The van der Waals surface area contributed by atoms with Crippen molar-refractivity contribution in [3.63, 3.8) is 0 Å². The molecule has 1 fully saturated rings. The van der Waals surface area contributed by atoms with Crippen molar-refractivity contribution in [3.8, 4) is 5.75 Å². The summed E-state index contributed by atoms with van der Waals surface area (Å²) in [4.78, 5) is 13.7. The zero-order valence-corrected chi connectivity index (χ0v) is 9.65. The summed E-state index contributed by atoms with van der Waals surface area (Å²) in [6.45, 7) is 2.71. The van der Waals surface area contributed by atoms with Crippen LogP contribution < -0.4 is 10.2 Å². The van der Waals surface area contributed by atoms with Crippen molar-refractivity contribution < 1.29 is 9.90 Å². The number of carbonyl (C=O) groups excluding carboxylic acids is 1. The highest BCUT2D eigenvalue weighted by molar-refractivity contribution is 6.03. The van der Waals surface area contributed by atoms with E-state index in [1.165, 1.54) is 0 Å². The Bertz CT molecular complexity index is 453. The van der Waals surface area contributed by atoms with Crippen molar-refractivity contribution >= 4 is 11.6 Å². The number of carbonyl (C=O) groups is 1. The van der Waals surface area contributed by atoms with Gasteiger partial charge in [0.25, 0.3) is 0 Å². The van der Waals surface area contributed by atoms with Gasteiger partial charge in [-0.1, -0.05) is 12.1 Å². The summed E-state index contributed by atoms with van der Waals surface area (Å²) in [6, 6.07) is 5.36. The molecule has 2 aliphatic heterocycles. The highest BCUT2D eigenvalue weighted by Gasteiger charge is 2.32. The Kier molecular flexibility index (Phi) is 2.52. The fourth-order valence-corrected chi connectivity index (χ4v) is 2.74. The van der Waals surface area contributed by atoms with Crippen LogP contribution >= 0.6 is 0 Å². The number of benzene rings is 1. The molecule has 2 aliphatic rings. The number of phenolic OH excluding ortho intramolecular Hbond substituents is 1. The SMILES string of the molecule is O=C1Cc2cccc(O)c2N1CC1CCNC1. The van der Waals surface area contributed by atoms with Crippen LogP contribution in [0.2, 0.25) is 0 Å². The average molecular weight is 232 g/mol. The zero-order valence-electron chi connectivity index (χ0n) is 9.65. The van der Waals surface area contributed by atoms with Gasteiger partial charge in [0.05, 0.1) is 12.1 Å². The first-order valence-corrected chi connectivity index (χ1v) is 6.07. The van der Waals surface area contributed by atoms with Crippen molar-refractivity contribution in [2.24, 2.45) is 5.92 Å². The molecule has 4 heteroatoms. The molecule has 0 bridgehead atoms. The molecule has 1 unspecified atom stereocenters. The van der Waals surface area contributed by atoms with Gasteiger partial charge < -0.3 is 15.3 Å². The maximum atomic E-state index is 12.0. The van der Waals surface area contributed by atoms with Gasteiger partial charge in [-0.15, -0.1) is 0 Å². The van der Waals surface area contributed by atoms with Gasteiger partial charge in [-0.25, -0.2) is 0 Å². The maximum Gasteiger partial charge on any atom is 0.231 e. The van der Waals surface area contributed by atoms with Gasteiger partial charge in [-0.2, -0.15) is 0 Å². The predicted octanol–water partition coefficient (Wildman–Crippen LogP) is 0.891. The number of amides is 1. The highest BCUT2D eigenvalue weighted by atomic mass is 16.3. The van der Waals surface area contributed by atoms with Crippen LogP contribution in [0, 0.1) is 5.92 Å². The van der Waals surface area contributed by atoms with Crippen LogP contribution in [-0.2, 0) is 11.2 Å². The fourth-order valence-electron chi connectivity index (χ4n) is 2.74. The summed E-state index contributed by atoms with van der Waals surface area (Å²) in [5, 5.41) is 13.2. The van der Waals surface area contributed by atoms with Crippen molar-refractivity contribution in [2.45, 2.75) is 12.8 Å². The summed E-state index contributed by atoms with van der Waals surface area (Å²) in [5.41, 5.74) is 1.67. The number of hydrogen-bond acceptors (Lipinski definition) is 3. The molecule has 0 aliphatic carbocycles. The van der Waals surface area contributed by atoms with E-state index < -0.39 is 0 Å². The van der Waals surface area contributed by atoms with Gasteiger partial charge >= 0.3 is 0 Å². The summed E-state index contributed by atoms with van der Waals surface area (Å²) in [7, 11) is 0. The second-order valence-corrected chi connectivity index (χ2v) is 4.82. The van der Waals surface area contributed by atoms with Gasteiger partial charge in [-0.05, 0) is 37.1 Å². The number of anilines is 1. The van der Waals surface area contributed by atoms with Crippen LogP contribution in [0.15, 0.2) is 18.2 Å². The Hall–Kier alpha value is -1.55. The van der Waals surface area contributed by atoms with E-state index >= 15 is 0 Å². The molecule has 0 saturated carbocycles. The summed E-state index contributed by atoms with van der Waals surface area (Å²) < 4.78 is 0. The third kappa shape index (κ3) is 1.78. The zero-order chi connectivity index (χ0) is 11.8. The number of hydrogen-bond donors (Lipinski definition) is 2. The molecule has 1 saturated heterocycles. The second kappa shape index (κ2) is 4.04. The molecule has 2 heterocycles. The van der Waals surface area contributed by atoms with Crippen LogP contribution in [0.5, 0.6) is 5.75 Å². The second-order valence-electron chi connectivity index (χ2n) is 4.82. The molecular weight excluding hydrogens is 216 g/mol. The Morgan fingerprint density at radius 3 is 3.12 bits per heavy atom. The van der Waals surface area contributed by atoms with Crippen molar-refractivity contribution in [3.05, 3.63) is 23.8 Å². The van der Waals surface area contributed by atoms with Gasteiger partial charge in [0.2, 0.25) is 5.91 Å². The molecule has 1 aromatic rings. The van der Waals surface area contributed by atoms with Crippen molar-refractivity contribution in [1.82, 2.24) is 5.32 Å². The first kappa shape index (κ1) is 10.6. The summed E-state index contributed by atoms with van der Waals surface area (Å²) in [6.07, 6.45) is 1.52. The van der Waals surface area contributed by atoms with Crippen LogP contribution in [-0.4, -0.2) is 30.6 Å². The van der Waals surface area contributed by atoms with E-state index in [0.29, 0.717) is 12.3 Å². The van der Waals surface area contributed by atoms with E-state index in [2.05, 4.69) is 5.32 Å². The molecule has 4 nitrogen and oxygen atoms in total. The molecule has 0 radical (unpaired) electrons. The van der Waals surface area contributed by atoms with Crippen molar-refractivity contribution in [1.29, 1.82) is 0 Å². The van der Waals surface area contributed by atoms with E-state index in [0.717, 1.165) is 37.3 Å². The molecule has 1 aromatic carbocycles. The minimum absolute atomic E-state index is 0.105. The van der Waals surface area contributed by atoms with Crippen molar-refractivity contribution in [2.75, 3.05) is 24.5 Å². The average Bonchev–Trinajstić information content (AvgIpc) is 2.89. The topological polar surface area (TPSA) is 52.6 Å². The van der Waals surface area contributed by atoms with Crippen LogP contribution in [0.3, 0.4) is 0 Å². The monoisotopic (exact) mass is 232 g/mol. The number of nitrogens with one attached hydrogen (secondary N) is 1. The highest BCUT2D eigenvalue weighted by Crippen LogP contribution is 2.37.